The minimum Gasteiger partial charge on any atom is -0.423 e. The molecule has 0 saturated heterocycles. The Morgan fingerprint density at radius 1 is 1.17 bits per heavy atom. The van der Waals surface area contributed by atoms with Gasteiger partial charge in [0.2, 0.25) is 0 Å². The van der Waals surface area contributed by atoms with Crippen molar-refractivity contribution in [3.63, 3.8) is 0 Å². The number of pyridine rings is 1. The van der Waals surface area contributed by atoms with Crippen molar-refractivity contribution in [3.05, 3.63) is 54.4 Å². The molecule has 0 radical (unpaired) electrons. The number of benzene rings is 1. The van der Waals surface area contributed by atoms with E-state index < -0.39 is 7.12 Å². The summed E-state index contributed by atoms with van der Waals surface area (Å²) in [6, 6.07) is 9.57. The molecule has 2 rings (SSSR count). The number of nitrogens with zero attached hydrogens (tertiary/aromatic N) is 1. The van der Waals surface area contributed by atoms with E-state index in [1.54, 1.807) is 30.3 Å². The number of hydrogen-bond donors (Lipinski definition) is 3. The number of rotatable bonds is 3. The minimum absolute atomic E-state index is 0.276. The largest absolute Gasteiger partial charge is 0.488 e. The molecule has 90 valence electrons. The van der Waals surface area contributed by atoms with E-state index >= 15 is 0 Å². The normalized spacial score (nSPS) is 9.89. The van der Waals surface area contributed by atoms with Crippen LogP contribution in [-0.2, 0) is 0 Å². The summed E-state index contributed by atoms with van der Waals surface area (Å²) in [5.41, 5.74) is 1.31. The van der Waals surface area contributed by atoms with E-state index in [4.69, 9.17) is 10.0 Å². The van der Waals surface area contributed by atoms with E-state index in [1.165, 1.54) is 18.5 Å². The van der Waals surface area contributed by atoms with Gasteiger partial charge in [0.25, 0.3) is 5.91 Å². The van der Waals surface area contributed by atoms with Crippen LogP contribution in [0.2, 0.25) is 0 Å². The molecule has 0 bridgehead atoms. The molecule has 2 aromatic rings. The van der Waals surface area contributed by atoms with Gasteiger partial charge in [0.05, 0.1) is 0 Å². The quantitative estimate of drug-likeness (QED) is 0.662. The lowest BCUT2D eigenvalue weighted by Crippen LogP contribution is -2.30. The number of amides is 1. The second-order valence-corrected chi connectivity index (χ2v) is 3.69. The van der Waals surface area contributed by atoms with Crippen LogP contribution in [0.1, 0.15) is 10.4 Å². The second-order valence-electron chi connectivity index (χ2n) is 3.69. The van der Waals surface area contributed by atoms with Gasteiger partial charge in [-0.25, -0.2) is 0 Å². The smallest absolute Gasteiger partial charge is 0.423 e. The van der Waals surface area contributed by atoms with E-state index in [0.717, 1.165) is 0 Å². The van der Waals surface area contributed by atoms with Crippen LogP contribution in [0.15, 0.2) is 48.8 Å². The van der Waals surface area contributed by atoms with Gasteiger partial charge in [-0.05, 0) is 29.7 Å². The lowest BCUT2D eigenvalue weighted by atomic mass is 9.80. The first-order valence-electron chi connectivity index (χ1n) is 5.34. The van der Waals surface area contributed by atoms with Crippen LogP contribution in [0.5, 0.6) is 0 Å². The first-order valence-corrected chi connectivity index (χ1v) is 5.34. The van der Waals surface area contributed by atoms with Crippen LogP contribution in [0.4, 0.5) is 5.69 Å². The number of aromatic nitrogens is 1. The van der Waals surface area contributed by atoms with Crippen LogP contribution in [0.3, 0.4) is 0 Å². The number of anilines is 1. The van der Waals surface area contributed by atoms with Crippen LogP contribution < -0.4 is 10.8 Å². The standard InChI is InChI=1S/C12H11BN2O3/c16-12(9-4-6-14-7-5-9)15-11-3-1-2-10(8-11)13(17)18/h1-8,17-18H,(H,15,16). The van der Waals surface area contributed by atoms with Gasteiger partial charge in [-0.3, -0.25) is 9.78 Å². The molecular formula is C12H11BN2O3. The molecule has 0 aliphatic carbocycles. The molecule has 6 heteroatoms. The molecule has 1 aromatic heterocycles. The summed E-state index contributed by atoms with van der Waals surface area (Å²) in [7, 11) is -1.55. The highest BCUT2D eigenvalue weighted by Gasteiger charge is 2.12. The van der Waals surface area contributed by atoms with Gasteiger partial charge in [-0.2, -0.15) is 0 Å². The maximum absolute atomic E-state index is 11.8. The fraction of sp³-hybridized carbons (Fsp3) is 0. The van der Waals surface area contributed by atoms with Crippen LogP contribution >= 0.6 is 0 Å². The van der Waals surface area contributed by atoms with Crippen molar-refractivity contribution in [2.45, 2.75) is 0 Å². The summed E-state index contributed by atoms with van der Waals surface area (Å²) >= 11 is 0. The molecule has 1 heterocycles. The summed E-state index contributed by atoms with van der Waals surface area (Å²) in [4.78, 5) is 15.7. The number of hydrogen-bond acceptors (Lipinski definition) is 4. The van der Waals surface area contributed by atoms with E-state index in [-0.39, 0.29) is 5.91 Å². The minimum atomic E-state index is -1.55. The average Bonchev–Trinajstić information content (AvgIpc) is 2.40. The molecule has 5 nitrogen and oxygen atoms in total. The molecule has 1 aromatic carbocycles. The highest BCUT2D eigenvalue weighted by Crippen LogP contribution is 2.07. The van der Waals surface area contributed by atoms with Gasteiger partial charge in [0.1, 0.15) is 0 Å². The molecule has 0 aliphatic heterocycles. The Bertz CT molecular complexity index is 546. The van der Waals surface area contributed by atoms with Gasteiger partial charge < -0.3 is 15.4 Å². The van der Waals surface area contributed by atoms with E-state index in [2.05, 4.69) is 10.3 Å². The van der Waals surface area contributed by atoms with Crippen molar-refractivity contribution in [2.75, 3.05) is 5.32 Å². The van der Waals surface area contributed by atoms with Crippen molar-refractivity contribution < 1.29 is 14.8 Å². The molecule has 1 amide bonds. The van der Waals surface area contributed by atoms with E-state index in [1.807, 2.05) is 0 Å². The number of carbonyl (C=O) groups excluding carboxylic acids is 1. The van der Waals surface area contributed by atoms with Crippen LogP contribution in [0, 0.1) is 0 Å². The van der Waals surface area contributed by atoms with E-state index in [9.17, 15) is 4.79 Å². The Morgan fingerprint density at radius 3 is 2.56 bits per heavy atom. The molecule has 0 aliphatic rings. The third kappa shape index (κ3) is 2.94. The average molecular weight is 242 g/mol. The Hall–Kier alpha value is -2.18. The van der Waals surface area contributed by atoms with Gasteiger partial charge in [0.15, 0.2) is 0 Å². The van der Waals surface area contributed by atoms with Crippen molar-refractivity contribution in [3.8, 4) is 0 Å². The number of carbonyl (C=O) groups is 1. The second kappa shape index (κ2) is 5.44. The summed E-state index contributed by atoms with van der Waals surface area (Å²) in [5.74, 6) is -0.276. The summed E-state index contributed by atoms with van der Waals surface area (Å²) < 4.78 is 0. The zero-order valence-electron chi connectivity index (χ0n) is 9.45. The fourth-order valence-corrected chi connectivity index (χ4v) is 1.48. The highest BCUT2D eigenvalue weighted by molar-refractivity contribution is 6.58. The summed E-state index contributed by atoms with van der Waals surface area (Å²) in [6.07, 6.45) is 3.06. The molecule has 0 atom stereocenters. The topological polar surface area (TPSA) is 82.5 Å². The zero-order chi connectivity index (χ0) is 13.0. The Labute approximate surface area is 104 Å². The lowest BCUT2D eigenvalue weighted by molar-refractivity contribution is 0.102. The monoisotopic (exact) mass is 242 g/mol. The lowest BCUT2D eigenvalue weighted by Gasteiger charge is -2.06. The summed E-state index contributed by atoms with van der Waals surface area (Å²) in [6.45, 7) is 0. The molecule has 0 spiro atoms. The maximum atomic E-state index is 11.8. The Kier molecular flexibility index (Phi) is 3.71. The van der Waals surface area contributed by atoms with Crippen molar-refractivity contribution >= 4 is 24.2 Å². The van der Waals surface area contributed by atoms with Crippen molar-refractivity contribution in [1.82, 2.24) is 4.98 Å². The molecule has 0 unspecified atom stereocenters. The maximum Gasteiger partial charge on any atom is 0.488 e. The van der Waals surface area contributed by atoms with Crippen molar-refractivity contribution in [2.24, 2.45) is 0 Å². The third-order valence-corrected chi connectivity index (χ3v) is 2.39. The molecule has 0 fully saturated rings. The highest BCUT2D eigenvalue weighted by atomic mass is 16.4. The number of nitrogens with one attached hydrogen (secondary N) is 1. The summed E-state index contributed by atoms with van der Waals surface area (Å²) in [5, 5.41) is 20.7. The molecular weight excluding hydrogens is 231 g/mol. The Balaban J connectivity index is 2.15. The SMILES string of the molecule is O=C(Nc1cccc(B(O)O)c1)c1ccncc1. The van der Waals surface area contributed by atoms with Crippen LogP contribution in [-0.4, -0.2) is 28.1 Å². The van der Waals surface area contributed by atoms with E-state index in [0.29, 0.717) is 16.7 Å². The van der Waals surface area contributed by atoms with Crippen molar-refractivity contribution in [1.29, 1.82) is 0 Å². The zero-order valence-corrected chi connectivity index (χ0v) is 9.45. The first-order chi connectivity index (χ1) is 8.66. The Morgan fingerprint density at radius 2 is 1.89 bits per heavy atom. The molecule has 3 N–H and O–H groups in total. The predicted octanol–water partition coefficient (Wildman–Crippen LogP) is 0.0137. The van der Waals surface area contributed by atoms with Crippen LogP contribution in [0.25, 0.3) is 0 Å². The fourth-order valence-electron chi connectivity index (χ4n) is 1.48. The predicted molar refractivity (Wildman–Crippen MR) is 68.5 cm³/mol. The van der Waals surface area contributed by atoms with Gasteiger partial charge in [-0.1, -0.05) is 12.1 Å². The third-order valence-electron chi connectivity index (χ3n) is 2.39. The van der Waals surface area contributed by atoms with Gasteiger partial charge in [-0.15, -0.1) is 0 Å². The molecule has 18 heavy (non-hydrogen) atoms. The molecule has 0 saturated carbocycles. The first kappa shape index (κ1) is 12.3. The van der Waals surface area contributed by atoms with Gasteiger partial charge in [0, 0.05) is 23.6 Å². The van der Waals surface area contributed by atoms with Gasteiger partial charge >= 0.3 is 7.12 Å².